The van der Waals surface area contributed by atoms with Crippen molar-refractivity contribution in [3.63, 3.8) is 0 Å². The van der Waals surface area contributed by atoms with Crippen molar-refractivity contribution in [1.29, 1.82) is 0 Å². The molecule has 0 saturated carbocycles. The van der Waals surface area contributed by atoms with Crippen molar-refractivity contribution in [1.82, 2.24) is 14.5 Å². The van der Waals surface area contributed by atoms with Gasteiger partial charge in [-0.25, -0.2) is 4.79 Å². The van der Waals surface area contributed by atoms with Gasteiger partial charge in [0.15, 0.2) is 0 Å². The minimum atomic E-state index is -0.430. The Balaban J connectivity index is 2.44. The van der Waals surface area contributed by atoms with Gasteiger partial charge in [0.1, 0.15) is 5.15 Å². The summed E-state index contributed by atoms with van der Waals surface area (Å²) in [4.78, 5) is 27.3. The van der Waals surface area contributed by atoms with Crippen LogP contribution in [0, 0.1) is 0 Å². The number of likely N-dealkylation sites (N-methyl/N-ethyl adjacent to an activating group) is 1. The first kappa shape index (κ1) is 9.48. The molecule has 0 aliphatic carbocycles. The molecular formula is C8H10ClN3O2. The second kappa shape index (κ2) is 3.25. The van der Waals surface area contributed by atoms with E-state index in [9.17, 15) is 9.59 Å². The Morgan fingerprint density at radius 2 is 2.14 bits per heavy atom. The van der Waals surface area contributed by atoms with Gasteiger partial charge >= 0.3 is 5.69 Å². The second-order valence-corrected chi connectivity index (χ2v) is 3.91. The minimum Gasteiger partial charge on any atom is -0.302 e. The lowest BCUT2D eigenvalue weighted by atomic mass is 10.1. The first-order chi connectivity index (χ1) is 6.58. The number of nitrogens with one attached hydrogen (secondary N) is 1. The summed E-state index contributed by atoms with van der Waals surface area (Å²) in [6.07, 6.45) is 0. The van der Waals surface area contributed by atoms with Gasteiger partial charge in [0.05, 0.1) is 6.04 Å². The van der Waals surface area contributed by atoms with Crippen molar-refractivity contribution in [3.8, 4) is 0 Å². The molecule has 0 bridgehead atoms. The van der Waals surface area contributed by atoms with Gasteiger partial charge in [-0.3, -0.25) is 14.3 Å². The standard InChI is InChI=1S/C8H10ClN3O2/c1-11-3-5(4-11)12-7(13)2-6(9)10-8(12)14/h2,5H,3-4H2,1H3,(H,10,14). The van der Waals surface area contributed by atoms with Crippen molar-refractivity contribution in [2.45, 2.75) is 6.04 Å². The fourth-order valence-corrected chi connectivity index (χ4v) is 1.83. The Morgan fingerprint density at radius 3 is 2.64 bits per heavy atom. The van der Waals surface area contributed by atoms with Crippen LogP contribution >= 0.6 is 11.6 Å². The van der Waals surface area contributed by atoms with Crippen LogP contribution in [-0.2, 0) is 0 Å². The second-order valence-electron chi connectivity index (χ2n) is 3.51. The first-order valence-corrected chi connectivity index (χ1v) is 4.65. The number of hydrogen-bond acceptors (Lipinski definition) is 3. The van der Waals surface area contributed by atoms with Gasteiger partial charge in [-0.05, 0) is 7.05 Å². The number of rotatable bonds is 1. The largest absolute Gasteiger partial charge is 0.329 e. The van der Waals surface area contributed by atoms with Gasteiger partial charge in [-0.1, -0.05) is 11.6 Å². The predicted octanol–water partition coefficient (Wildman–Crippen LogP) is -0.324. The Morgan fingerprint density at radius 1 is 1.50 bits per heavy atom. The van der Waals surface area contributed by atoms with Gasteiger partial charge in [0.25, 0.3) is 5.56 Å². The summed E-state index contributed by atoms with van der Waals surface area (Å²) in [5.74, 6) is 0. The highest BCUT2D eigenvalue weighted by molar-refractivity contribution is 6.29. The van der Waals surface area contributed by atoms with Crippen LogP contribution in [0.15, 0.2) is 15.7 Å². The number of aromatic nitrogens is 2. The fraction of sp³-hybridized carbons (Fsp3) is 0.500. The Kier molecular flexibility index (Phi) is 2.20. The summed E-state index contributed by atoms with van der Waals surface area (Å²) >= 11 is 5.54. The van der Waals surface area contributed by atoms with Crippen molar-refractivity contribution < 1.29 is 0 Å². The minimum absolute atomic E-state index is 0.0199. The van der Waals surface area contributed by atoms with E-state index in [0.717, 1.165) is 13.1 Å². The lowest BCUT2D eigenvalue weighted by Crippen LogP contribution is -2.52. The molecule has 1 aromatic heterocycles. The summed E-state index contributed by atoms with van der Waals surface area (Å²) in [5.41, 5.74) is -0.766. The molecule has 0 unspecified atom stereocenters. The fourth-order valence-electron chi connectivity index (χ4n) is 1.65. The van der Waals surface area contributed by atoms with Crippen molar-refractivity contribution in [3.05, 3.63) is 32.1 Å². The highest BCUT2D eigenvalue weighted by atomic mass is 35.5. The molecule has 0 amide bonds. The van der Waals surface area contributed by atoms with Gasteiger partial charge in [0.2, 0.25) is 0 Å². The average molecular weight is 216 g/mol. The predicted molar refractivity (Wildman–Crippen MR) is 52.9 cm³/mol. The molecule has 0 spiro atoms. The van der Waals surface area contributed by atoms with Gasteiger partial charge in [-0.15, -0.1) is 0 Å². The molecule has 1 aliphatic rings. The SMILES string of the molecule is CN1CC(n2c(=O)cc(Cl)[nH]c2=O)C1. The van der Waals surface area contributed by atoms with Crippen molar-refractivity contribution in [2.75, 3.05) is 20.1 Å². The summed E-state index contributed by atoms with van der Waals surface area (Å²) in [6.45, 7) is 1.45. The Hall–Kier alpha value is -1.07. The highest BCUT2D eigenvalue weighted by Gasteiger charge is 2.27. The number of nitrogens with zero attached hydrogens (tertiary/aromatic N) is 2. The summed E-state index contributed by atoms with van der Waals surface area (Å²) in [6, 6.07) is 1.20. The van der Waals surface area contributed by atoms with Crippen LogP contribution < -0.4 is 11.2 Å². The molecule has 6 heteroatoms. The molecule has 2 rings (SSSR count). The van der Waals surface area contributed by atoms with Gasteiger partial charge in [-0.2, -0.15) is 0 Å². The lowest BCUT2D eigenvalue weighted by molar-refractivity contribution is 0.134. The van der Waals surface area contributed by atoms with Crippen LogP contribution in [0.2, 0.25) is 5.15 Å². The topological polar surface area (TPSA) is 58.1 Å². The van der Waals surface area contributed by atoms with Crippen LogP contribution in [0.25, 0.3) is 0 Å². The summed E-state index contributed by atoms with van der Waals surface area (Å²) < 4.78 is 1.21. The number of halogens is 1. The zero-order valence-corrected chi connectivity index (χ0v) is 8.41. The maximum Gasteiger partial charge on any atom is 0.329 e. The first-order valence-electron chi connectivity index (χ1n) is 4.28. The normalized spacial score (nSPS) is 18.1. The molecule has 0 aromatic carbocycles. The number of H-pyrrole nitrogens is 1. The maximum absolute atomic E-state index is 11.4. The average Bonchev–Trinajstić information content (AvgIpc) is 1.99. The monoisotopic (exact) mass is 215 g/mol. The smallest absolute Gasteiger partial charge is 0.302 e. The summed E-state index contributed by atoms with van der Waals surface area (Å²) in [7, 11) is 1.94. The maximum atomic E-state index is 11.4. The molecule has 1 aliphatic heterocycles. The van der Waals surface area contributed by atoms with Gasteiger partial charge < -0.3 is 4.90 Å². The van der Waals surface area contributed by atoms with E-state index in [-0.39, 0.29) is 16.8 Å². The molecule has 5 nitrogen and oxygen atoms in total. The van der Waals surface area contributed by atoms with E-state index >= 15 is 0 Å². The van der Waals surface area contributed by atoms with E-state index in [1.54, 1.807) is 0 Å². The highest BCUT2D eigenvalue weighted by Crippen LogP contribution is 2.15. The van der Waals surface area contributed by atoms with Gasteiger partial charge in [0, 0.05) is 19.2 Å². The quantitative estimate of drug-likeness (QED) is 0.653. The van der Waals surface area contributed by atoms with Crippen LogP contribution in [0.5, 0.6) is 0 Å². The molecule has 1 fully saturated rings. The molecule has 76 valence electrons. The molecule has 14 heavy (non-hydrogen) atoms. The van der Waals surface area contributed by atoms with E-state index in [1.165, 1.54) is 10.6 Å². The van der Waals surface area contributed by atoms with Crippen LogP contribution in [0.3, 0.4) is 0 Å². The molecule has 1 aromatic rings. The third-order valence-corrected chi connectivity index (χ3v) is 2.55. The van der Waals surface area contributed by atoms with Crippen LogP contribution in [-0.4, -0.2) is 34.6 Å². The van der Waals surface area contributed by atoms with E-state index in [0.29, 0.717) is 0 Å². The van der Waals surface area contributed by atoms with E-state index in [4.69, 9.17) is 11.6 Å². The third kappa shape index (κ3) is 1.49. The van der Waals surface area contributed by atoms with Crippen molar-refractivity contribution >= 4 is 11.6 Å². The molecule has 0 radical (unpaired) electrons. The summed E-state index contributed by atoms with van der Waals surface area (Å²) in [5, 5.41) is 0.0870. The zero-order valence-electron chi connectivity index (χ0n) is 7.66. The molecular weight excluding hydrogens is 206 g/mol. The molecule has 1 saturated heterocycles. The Bertz CT molecular complexity index is 427. The van der Waals surface area contributed by atoms with E-state index in [2.05, 4.69) is 4.98 Å². The molecule has 2 heterocycles. The van der Waals surface area contributed by atoms with Crippen LogP contribution in [0.1, 0.15) is 6.04 Å². The Labute approximate surface area is 84.9 Å². The van der Waals surface area contributed by atoms with Crippen molar-refractivity contribution in [2.24, 2.45) is 0 Å². The third-order valence-electron chi connectivity index (χ3n) is 2.34. The number of likely N-dealkylation sites (tertiary alicyclic amines) is 1. The van der Waals surface area contributed by atoms with Crippen LogP contribution in [0.4, 0.5) is 0 Å². The van der Waals surface area contributed by atoms with E-state index < -0.39 is 5.69 Å². The number of hydrogen-bond donors (Lipinski definition) is 1. The lowest BCUT2D eigenvalue weighted by Gasteiger charge is -2.36. The zero-order chi connectivity index (χ0) is 10.3. The molecule has 0 atom stereocenters. The molecule has 1 N–H and O–H groups in total. The number of aromatic amines is 1. The van der Waals surface area contributed by atoms with E-state index in [1.807, 2.05) is 11.9 Å².